The van der Waals surface area contributed by atoms with Crippen LogP contribution >= 0.6 is 0 Å². The summed E-state index contributed by atoms with van der Waals surface area (Å²) in [7, 11) is 1.90. The van der Waals surface area contributed by atoms with Crippen molar-refractivity contribution in [2.75, 3.05) is 11.4 Å². The van der Waals surface area contributed by atoms with Gasteiger partial charge in [0.1, 0.15) is 0 Å². The third-order valence-electron chi connectivity index (χ3n) is 3.60. The Labute approximate surface area is 101 Å². The Bertz CT molecular complexity index is 430. The molecule has 1 aromatic rings. The predicted octanol–water partition coefficient (Wildman–Crippen LogP) is 0.586. The lowest BCUT2D eigenvalue weighted by Crippen LogP contribution is -2.39. The molecule has 0 radical (unpaired) electrons. The van der Waals surface area contributed by atoms with E-state index in [1.165, 1.54) is 12.8 Å². The molecule has 1 saturated carbocycles. The van der Waals surface area contributed by atoms with Gasteiger partial charge in [0.15, 0.2) is 5.82 Å². The second-order valence-electron chi connectivity index (χ2n) is 5.04. The molecule has 1 amide bonds. The van der Waals surface area contributed by atoms with E-state index in [1.54, 1.807) is 4.90 Å². The number of nitrogens with zero attached hydrogens (tertiary/aromatic N) is 3. The van der Waals surface area contributed by atoms with Crippen molar-refractivity contribution >= 4 is 11.7 Å². The first-order valence-electron chi connectivity index (χ1n) is 6.23. The first kappa shape index (κ1) is 10.8. The fourth-order valence-corrected chi connectivity index (χ4v) is 2.27. The molecule has 5 heteroatoms. The molecular formula is C12H18N4O. The van der Waals surface area contributed by atoms with Crippen LogP contribution in [-0.2, 0) is 11.8 Å². The summed E-state index contributed by atoms with van der Waals surface area (Å²) in [5, 5.41) is 7.76. The van der Waals surface area contributed by atoms with E-state index in [9.17, 15) is 4.79 Å². The Morgan fingerprint density at radius 3 is 2.76 bits per heavy atom. The third-order valence-corrected chi connectivity index (χ3v) is 3.60. The first-order valence-corrected chi connectivity index (χ1v) is 6.23. The lowest BCUT2D eigenvalue weighted by atomic mass is 10.2. The van der Waals surface area contributed by atoms with Gasteiger partial charge >= 0.3 is 0 Å². The topological polar surface area (TPSA) is 50.2 Å². The summed E-state index contributed by atoms with van der Waals surface area (Å²) in [6.07, 6.45) is 3.32. The fourth-order valence-electron chi connectivity index (χ4n) is 2.27. The molecule has 2 aliphatic rings. The average molecular weight is 234 g/mol. The zero-order valence-electron chi connectivity index (χ0n) is 10.3. The molecule has 1 unspecified atom stereocenters. The van der Waals surface area contributed by atoms with Crippen molar-refractivity contribution in [3.05, 3.63) is 11.8 Å². The second kappa shape index (κ2) is 3.84. The molecule has 0 bridgehead atoms. The predicted molar refractivity (Wildman–Crippen MR) is 64.9 cm³/mol. The Morgan fingerprint density at radius 2 is 2.18 bits per heavy atom. The van der Waals surface area contributed by atoms with Crippen LogP contribution in [0.3, 0.4) is 0 Å². The van der Waals surface area contributed by atoms with E-state index in [1.807, 2.05) is 24.7 Å². The maximum absolute atomic E-state index is 12.2. The molecular weight excluding hydrogens is 216 g/mol. The van der Waals surface area contributed by atoms with Gasteiger partial charge in [0.05, 0.1) is 6.04 Å². The molecule has 2 heterocycles. The molecule has 5 nitrogen and oxygen atoms in total. The number of aromatic nitrogens is 2. The van der Waals surface area contributed by atoms with Gasteiger partial charge in [-0.25, -0.2) is 0 Å². The van der Waals surface area contributed by atoms with Crippen molar-refractivity contribution in [3.8, 4) is 0 Å². The molecule has 2 fully saturated rings. The lowest BCUT2D eigenvalue weighted by Gasteiger charge is -2.14. The van der Waals surface area contributed by atoms with Crippen molar-refractivity contribution in [2.45, 2.75) is 38.3 Å². The highest BCUT2D eigenvalue weighted by molar-refractivity contribution is 5.98. The summed E-state index contributed by atoms with van der Waals surface area (Å²) < 4.78 is 1.81. The van der Waals surface area contributed by atoms with Crippen LogP contribution in [0.1, 0.15) is 25.0 Å². The van der Waals surface area contributed by atoms with E-state index in [-0.39, 0.29) is 11.9 Å². The van der Waals surface area contributed by atoms with E-state index >= 15 is 0 Å². The molecule has 1 atom stereocenters. The molecule has 0 aromatic carbocycles. The quantitative estimate of drug-likeness (QED) is 0.832. The molecule has 0 spiro atoms. The van der Waals surface area contributed by atoms with Crippen LogP contribution in [0.25, 0.3) is 0 Å². The zero-order valence-corrected chi connectivity index (χ0v) is 10.3. The second-order valence-corrected chi connectivity index (χ2v) is 5.04. The maximum Gasteiger partial charge on any atom is 0.245 e. The summed E-state index contributed by atoms with van der Waals surface area (Å²) in [5.74, 6) is 0.963. The van der Waals surface area contributed by atoms with Gasteiger partial charge in [0.25, 0.3) is 0 Å². The van der Waals surface area contributed by atoms with E-state index in [2.05, 4.69) is 10.4 Å². The van der Waals surface area contributed by atoms with E-state index in [0.29, 0.717) is 6.04 Å². The number of hydrogen-bond acceptors (Lipinski definition) is 3. The molecule has 1 saturated heterocycles. The van der Waals surface area contributed by atoms with Crippen molar-refractivity contribution < 1.29 is 4.79 Å². The van der Waals surface area contributed by atoms with Gasteiger partial charge in [0, 0.05) is 31.4 Å². The highest BCUT2D eigenvalue weighted by Crippen LogP contribution is 2.25. The molecule has 17 heavy (non-hydrogen) atoms. The largest absolute Gasteiger partial charge is 0.303 e. The van der Waals surface area contributed by atoms with E-state index in [0.717, 1.165) is 24.5 Å². The first-order chi connectivity index (χ1) is 8.15. The number of nitrogens with one attached hydrogen (secondary N) is 1. The smallest absolute Gasteiger partial charge is 0.245 e. The molecule has 1 N–H and O–H groups in total. The lowest BCUT2D eigenvalue weighted by molar-refractivity contribution is -0.118. The highest BCUT2D eigenvalue weighted by Gasteiger charge is 2.37. The minimum atomic E-state index is 0.00446. The number of aryl methyl sites for hydroxylation is 2. The number of hydrogen-bond donors (Lipinski definition) is 1. The van der Waals surface area contributed by atoms with Crippen LogP contribution in [0.15, 0.2) is 6.07 Å². The summed E-state index contributed by atoms with van der Waals surface area (Å²) in [6, 6.07) is 2.55. The molecule has 3 rings (SSSR count). The highest BCUT2D eigenvalue weighted by atomic mass is 16.2. The fraction of sp³-hybridized carbons (Fsp3) is 0.667. The van der Waals surface area contributed by atoms with E-state index in [4.69, 9.17) is 0 Å². The number of anilines is 1. The van der Waals surface area contributed by atoms with Crippen LogP contribution in [0.2, 0.25) is 0 Å². The van der Waals surface area contributed by atoms with Crippen LogP contribution in [-0.4, -0.2) is 34.3 Å². The summed E-state index contributed by atoms with van der Waals surface area (Å²) in [5.41, 5.74) is 1.08. The Balaban J connectivity index is 1.74. The van der Waals surface area contributed by atoms with E-state index < -0.39 is 0 Å². The number of amides is 1. The van der Waals surface area contributed by atoms with Crippen molar-refractivity contribution in [3.63, 3.8) is 0 Å². The van der Waals surface area contributed by atoms with Crippen molar-refractivity contribution in [2.24, 2.45) is 7.05 Å². The Morgan fingerprint density at radius 1 is 1.41 bits per heavy atom. The van der Waals surface area contributed by atoms with Crippen molar-refractivity contribution in [1.82, 2.24) is 15.1 Å². The molecule has 1 aliphatic heterocycles. The SMILES string of the molecule is Cc1cc(N2CCC(NC3CC3)C2=O)nn1C. The summed E-state index contributed by atoms with van der Waals surface area (Å²) in [4.78, 5) is 14.0. The van der Waals surface area contributed by atoms with Crippen molar-refractivity contribution in [1.29, 1.82) is 0 Å². The van der Waals surface area contributed by atoms with Crippen LogP contribution in [0, 0.1) is 6.92 Å². The Kier molecular flexibility index (Phi) is 2.43. The summed E-state index contributed by atoms with van der Waals surface area (Å²) >= 11 is 0. The standard InChI is InChI=1S/C12H18N4O/c1-8-7-11(14-15(8)2)16-6-5-10(12(16)17)13-9-3-4-9/h7,9-10,13H,3-6H2,1-2H3. The normalized spacial score (nSPS) is 24.7. The number of carbonyl (C=O) groups excluding carboxylic acids is 1. The molecule has 1 aliphatic carbocycles. The van der Waals surface area contributed by atoms with Crippen LogP contribution < -0.4 is 10.2 Å². The van der Waals surface area contributed by atoms with Gasteiger partial charge < -0.3 is 5.32 Å². The molecule has 92 valence electrons. The minimum absolute atomic E-state index is 0.00446. The average Bonchev–Trinajstić information content (AvgIpc) is 2.95. The van der Waals surface area contributed by atoms with Gasteiger partial charge in [0.2, 0.25) is 5.91 Å². The zero-order chi connectivity index (χ0) is 12.0. The Hall–Kier alpha value is -1.36. The number of rotatable bonds is 3. The van der Waals surface area contributed by atoms with Gasteiger partial charge in [-0.1, -0.05) is 0 Å². The summed E-state index contributed by atoms with van der Waals surface area (Å²) in [6.45, 7) is 2.77. The third kappa shape index (κ3) is 1.95. The minimum Gasteiger partial charge on any atom is -0.303 e. The van der Waals surface area contributed by atoms with Gasteiger partial charge in [-0.15, -0.1) is 0 Å². The van der Waals surface area contributed by atoms with Crippen LogP contribution in [0.5, 0.6) is 0 Å². The maximum atomic E-state index is 12.2. The number of carbonyl (C=O) groups is 1. The van der Waals surface area contributed by atoms with Gasteiger partial charge in [-0.3, -0.25) is 14.4 Å². The van der Waals surface area contributed by atoms with Gasteiger partial charge in [-0.2, -0.15) is 5.10 Å². The molecule has 1 aromatic heterocycles. The van der Waals surface area contributed by atoms with Gasteiger partial charge in [-0.05, 0) is 26.2 Å². The monoisotopic (exact) mass is 234 g/mol. The van der Waals surface area contributed by atoms with Crippen LogP contribution in [0.4, 0.5) is 5.82 Å².